The number of benzene rings is 1. The van der Waals surface area contributed by atoms with Crippen molar-refractivity contribution < 1.29 is 8.42 Å². The Bertz CT molecular complexity index is 757. The third kappa shape index (κ3) is 2.97. The summed E-state index contributed by atoms with van der Waals surface area (Å²) in [6, 6.07) is 6.00. The average molecular weight is 304 g/mol. The Kier molecular flexibility index (Phi) is 3.50. The lowest BCUT2D eigenvalue weighted by molar-refractivity contribution is 0.600. The van der Waals surface area contributed by atoms with Crippen molar-refractivity contribution in [2.24, 2.45) is 0 Å². The fourth-order valence-electron chi connectivity index (χ4n) is 2.35. The predicted molar refractivity (Wildman–Crippen MR) is 80.3 cm³/mol. The van der Waals surface area contributed by atoms with Crippen LogP contribution in [0.4, 0.5) is 11.6 Å². The molecule has 0 bridgehead atoms. The third-order valence-electron chi connectivity index (χ3n) is 3.48. The van der Waals surface area contributed by atoms with E-state index in [4.69, 9.17) is 5.73 Å². The Hall–Kier alpha value is -2.15. The number of nitrogen functional groups attached to an aromatic ring is 1. The maximum Gasteiger partial charge on any atom is 0.264 e. The highest BCUT2D eigenvalue weighted by atomic mass is 32.2. The molecular weight excluding hydrogens is 288 g/mol. The average Bonchev–Trinajstić information content (AvgIpc) is 2.47. The molecule has 6 nitrogen and oxygen atoms in total. The van der Waals surface area contributed by atoms with Gasteiger partial charge in [-0.15, -0.1) is 0 Å². The van der Waals surface area contributed by atoms with E-state index in [1.54, 1.807) is 18.3 Å². The number of sulfonamides is 1. The molecule has 0 atom stereocenters. The summed E-state index contributed by atoms with van der Waals surface area (Å²) in [5, 5.41) is 0. The van der Waals surface area contributed by atoms with Crippen LogP contribution in [-0.4, -0.2) is 18.4 Å². The number of fused-ring (bicyclic) bond motifs is 1. The van der Waals surface area contributed by atoms with Gasteiger partial charge < -0.3 is 5.73 Å². The van der Waals surface area contributed by atoms with E-state index in [1.165, 1.54) is 12.1 Å². The molecule has 1 aliphatic carbocycles. The molecule has 1 heterocycles. The zero-order valence-corrected chi connectivity index (χ0v) is 12.2. The van der Waals surface area contributed by atoms with Gasteiger partial charge in [0.1, 0.15) is 0 Å². The lowest BCUT2D eigenvalue weighted by atomic mass is 9.98. The molecule has 0 spiro atoms. The Morgan fingerprint density at radius 3 is 2.57 bits per heavy atom. The van der Waals surface area contributed by atoms with Crippen LogP contribution in [0.15, 0.2) is 35.4 Å². The molecular formula is C14H16N4O2S. The van der Waals surface area contributed by atoms with Crippen molar-refractivity contribution in [1.29, 1.82) is 0 Å². The van der Waals surface area contributed by atoms with Crippen molar-refractivity contribution in [2.45, 2.75) is 30.6 Å². The third-order valence-corrected chi connectivity index (χ3v) is 4.82. The van der Waals surface area contributed by atoms with Gasteiger partial charge in [0.25, 0.3) is 10.0 Å². The van der Waals surface area contributed by atoms with E-state index in [0.717, 1.165) is 36.9 Å². The van der Waals surface area contributed by atoms with E-state index in [2.05, 4.69) is 14.7 Å². The van der Waals surface area contributed by atoms with Gasteiger partial charge >= 0.3 is 0 Å². The van der Waals surface area contributed by atoms with Crippen molar-refractivity contribution in [1.82, 2.24) is 9.97 Å². The molecule has 0 amide bonds. The fraction of sp³-hybridized carbons (Fsp3) is 0.286. The van der Waals surface area contributed by atoms with E-state index < -0.39 is 10.0 Å². The summed E-state index contributed by atoms with van der Waals surface area (Å²) in [5.41, 5.74) is 8.12. The normalized spacial score (nSPS) is 14.5. The van der Waals surface area contributed by atoms with Crippen molar-refractivity contribution in [3.63, 3.8) is 0 Å². The molecule has 3 N–H and O–H groups in total. The Morgan fingerprint density at radius 2 is 1.81 bits per heavy atom. The zero-order valence-electron chi connectivity index (χ0n) is 11.4. The Labute approximate surface area is 123 Å². The summed E-state index contributed by atoms with van der Waals surface area (Å²) in [6.07, 6.45) is 5.75. The van der Waals surface area contributed by atoms with Crippen LogP contribution in [0.2, 0.25) is 0 Å². The summed E-state index contributed by atoms with van der Waals surface area (Å²) in [5.74, 6) is 0.118. The van der Waals surface area contributed by atoms with Gasteiger partial charge in [0.15, 0.2) is 0 Å². The molecule has 7 heteroatoms. The van der Waals surface area contributed by atoms with Gasteiger partial charge in [-0.3, -0.25) is 0 Å². The number of aryl methyl sites for hydroxylation is 2. The van der Waals surface area contributed by atoms with Crippen LogP contribution in [-0.2, 0) is 22.9 Å². The van der Waals surface area contributed by atoms with Crippen molar-refractivity contribution in [3.05, 3.63) is 41.7 Å². The molecule has 1 aromatic heterocycles. The highest BCUT2D eigenvalue weighted by molar-refractivity contribution is 7.92. The largest absolute Gasteiger partial charge is 0.399 e. The number of hydrogen-bond acceptors (Lipinski definition) is 5. The van der Waals surface area contributed by atoms with E-state index in [-0.39, 0.29) is 10.8 Å². The minimum absolute atomic E-state index is 0.118. The molecule has 0 aliphatic heterocycles. The van der Waals surface area contributed by atoms with Crippen molar-refractivity contribution in [2.75, 3.05) is 10.5 Å². The summed E-state index contributed by atoms with van der Waals surface area (Å²) in [7, 11) is -3.69. The second-order valence-electron chi connectivity index (χ2n) is 5.05. The van der Waals surface area contributed by atoms with Gasteiger partial charge in [0.05, 0.1) is 4.90 Å². The highest BCUT2D eigenvalue weighted by Gasteiger charge is 2.17. The summed E-state index contributed by atoms with van der Waals surface area (Å²) in [6.45, 7) is 0. The van der Waals surface area contributed by atoms with Gasteiger partial charge in [-0.25, -0.2) is 23.1 Å². The number of nitrogens with one attached hydrogen (secondary N) is 1. The molecule has 21 heavy (non-hydrogen) atoms. The van der Waals surface area contributed by atoms with Crippen LogP contribution < -0.4 is 10.5 Å². The first kappa shape index (κ1) is 13.8. The predicted octanol–water partition coefficient (Wildman–Crippen LogP) is 1.74. The van der Waals surface area contributed by atoms with Crippen LogP contribution in [0.3, 0.4) is 0 Å². The second-order valence-corrected chi connectivity index (χ2v) is 6.73. The van der Waals surface area contributed by atoms with Crippen molar-refractivity contribution >= 4 is 21.7 Å². The van der Waals surface area contributed by atoms with Gasteiger partial charge in [-0.1, -0.05) is 0 Å². The van der Waals surface area contributed by atoms with Crippen molar-refractivity contribution in [3.8, 4) is 0 Å². The molecule has 1 aromatic carbocycles. The molecule has 1 aliphatic rings. The SMILES string of the molecule is Nc1ccc(S(=O)(=O)Nc2ncc3c(n2)CCCC3)cc1. The number of aromatic nitrogens is 2. The maximum atomic E-state index is 12.2. The summed E-state index contributed by atoms with van der Waals surface area (Å²) >= 11 is 0. The van der Waals surface area contributed by atoms with Gasteiger partial charge in [0, 0.05) is 17.6 Å². The van der Waals surface area contributed by atoms with Crippen LogP contribution in [0.5, 0.6) is 0 Å². The quantitative estimate of drug-likeness (QED) is 0.842. The number of anilines is 2. The summed E-state index contributed by atoms with van der Waals surface area (Å²) < 4.78 is 26.9. The number of hydrogen-bond donors (Lipinski definition) is 2. The monoisotopic (exact) mass is 304 g/mol. The topological polar surface area (TPSA) is 98.0 Å². The minimum atomic E-state index is -3.69. The fourth-order valence-corrected chi connectivity index (χ4v) is 3.30. The second kappa shape index (κ2) is 5.33. The Morgan fingerprint density at radius 1 is 1.10 bits per heavy atom. The first-order valence-electron chi connectivity index (χ1n) is 6.78. The van der Waals surface area contributed by atoms with Gasteiger partial charge in [0.2, 0.25) is 5.95 Å². The molecule has 0 radical (unpaired) electrons. The molecule has 0 unspecified atom stereocenters. The van der Waals surface area contributed by atoms with Crippen LogP contribution >= 0.6 is 0 Å². The van der Waals surface area contributed by atoms with E-state index >= 15 is 0 Å². The molecule has 0 fully saturated rings. The lowest BCUT2D eigenvalue weighted by Crippen LogP contribution is -2.17. The molecule has 3 rings (SSSR count). The standard InChI is InChI=1S/C14H16N4O2S/c15-11-5-7-12(8-6-11)21(19,20)18-14-16-9-10-3-1-2-4-13(10)17-14/h5-9H,1-4,15H2,(H,16,17,18). The van der Waals surface area contributed by atoms with Crippen LogP contribution in [0.25, 0.3) is 0 Å². The minimum Gasteiger partial charge on any atom is -0.399 e. The lowest BCUT2D eigenvalue weighted by Gasteiger charge is -2.15. The van der Waals surface area contributed by atoms with E-state index in [9.17, 15) is 8.42 Å². The molecule has 110 valence electrons. The first-order valence-corrected chi connectivity index (χ1v) is 8.26. The van der Waals surface area contributed by atoms with Crippen LogP contribution in [0, 0.1) is 0 Å². The first-order chi connectivity index (χ1) is 10.0. The van der Waals surface area contributed by atoms with E-state index in [0.29, 0.717) is 5.69 Å². The number of nitrogens with two attached hydrogens (primary N) is 1. The van der Waals surface area contributed by atoms with Crippen LogP contribution in [0.1, 0.15) is 24.1 Å². The maximum absolute atomic E-state index is 12.2. The molecule has 0 saturated carbocycles. The smallest absolute Gasteiger partial charge is 0.264 e. The Balaban J connectivity index is 1.87. The molecule has 2 aromatic rings. The van der Waals surface area contributed by atoms with E-state index in [1.807, 2.05) is 0 Å². The molecule has 0 saturated heterocycles. The summed E-state index contributed by atoms with van der Waals surface area (Å²) in [4.78, 5) is 8.55. The van der Waals surface area contributed by atoms with Gasteiger partial charge in [-0.2, -0.15) is 0 Å². The number of rotatable bonds is 3. The highest BCUT2D eigenvalue weighted by Crippen LogP contribution is 2.21. The zero-order chi connectivity index (χ0) is 14.9. The number of nitrogens with zero attached hydrogens (tertiary/aromatic N) is 2. The van der Waals surface area contributed by atoms with Gasteiger partial charge in [-0.05, 0) is 55.5 Å².